The van der Waals surface area contributed by atoms with E-state index in [4.69, 9.17) is 11.6 Å². The number of rotatable bonds is 7. The molecule has 1 amide bonds. The first-order valence-electron chi connectivity index (χ1n) is 5.09. The van der Waals surface area contributed by atoms with Crippen molar-refractivity contribution in [2.24, 2.45) is 0 Å². The van der Waals surface area contributed by atoms with Gasteiger partial charge in [0.15, 0.2) is 0 Å². The van der Waals surface area contributed by atoms with Gasteiger partial charge in [-0.1, -0.05) is 6.92 Å². The summed E-state index contributed by atoms with van der Waals surface area (Å²) in [6, 6.07) is 0. The highest BCUT2D eigenvalue weighted by Gasteiger charge is 2.06. The molecule has 0 saturated carbocycles. The molecule has 0 aromatic carbocycles. The van der Waals surface area contributed by atoms with Gasteiger partial charge in [-0.2, -0.15) is 0 Å². The zero-order valence-corrected chi connectivity index (χ0v) is 9.76. The van der Waals surface area contributed by atoms with Crippen LogP contribution in [-0.4, -0.2) is 41.5 Å². The second-order valence-electron chi connectivity index (χ2n) is 3.51. The highest BCUT2D eigenvalue weighted by Crippen LogP contribution is 2.04. The number of hydrogen-bond donors (Lipinski definition) is 1. The number of unbranched alkanes of at least 4 members (excludes halogenated alkanes) is 1. The monoisotopic (exact) mass is 221 g/mol. The molecule has 0 bridgehead atoms. The van der Waals surface area contributed by atoms with E-state index in [2.05, 4.69) is 0 Å². The molecule has 0 aromatic rings. The molecule has 84 valence electrons. The van der Waals surface area contributed by atoms with Crippen LogP contribution in [0.15, 0.2) is 0 Å². The van der Waals surface area contributed by atoms with Crippen LogP contribution in [0.4, 0.5) is 0 Å². The van der Waals surface area contributed by atoms with E-state index in [1.807, 2.05) is 6.92 Å². The Labute approximate surface area is 91.0 Å². The molecular weight excluding hydrogens is 202 g/mol. The minimum atomic E-state index is -0.191. The maximum atomic E-state index is 11.0. The summed E-state index contributed by atoms with van der Waals surface area (Å²) >= 11 is 5.40. The van der Waals surface area contributed by atoms with Gasteiger partial charge in [-0.25, -0.2) is 0 Å². The van der Waals surface area contributed by atoms with Crippen LogP contribution in [0.1, 0.15) is 32.6 Å². The van der Waals surface area contributed by atoms with E-state index in [-0.39, 0.29) is 17.9 Å². The third-order valence-corrected chi connectivity index (χ3v) is 2.52. The number of nitrogens with zero attached hydrogens (tertiary/aromatic N) is 1. The summed E-state index contributed by atoms with van der Waals surface area (Å²) in [6.07, 6.45) is 3.31. The summed E-state index contributed by atoms with van der Waals surface area (Å²) in [5, 5.41) is 9.28. The van der Waals surface area contributed by atoms with E-state index in [0.29, 0.717) is 0 Å². The summed E-state index contributed by atoms with van der Waals surface area (Å²) in [6.45, 7) is 2.69. The van der Waals surface area contributed by atoms with E-state index < -0.39 is 0 Å². The third kappa shape index (κ3) is 6.22. The number of aliphatic hydroxyl groups is 1. The minimum absolute atomic E-state index is 0.0392. The molecule has 0 spiro atoms. The van der Waals surface area contributed by atoms with Gasteiger partial charge < -0.3 is 10.0 Å². The lowest BCUT2D eigenvalue weighted by atomic mass is 10.1. The van der Waals surface area contributed by atoms with Crippen molar-refractivity contribution in [3.63, 3.8) is 0 Å². The van der Waals surface area contributed by atoms with Crippen molar-refractivity contribution in [3.05, 3.63) is 0 Å². The average Bonchev–Trinajstić information content (AvgIpc) is 2.22. The van der Waals surface area contributed by atoms with E-state index in [9.17, 15) is 9.90 Å². The maximum absolute atomic E-state index is 11.0. The Morgan fingerprint density at radius 3 is 2.64 bits per heavy atom. The zero-order valence-electron chi connectivity index (χ0n) is 9.00. The fraction of sp³-hybridized carbons (Fsp3) is 0.900. The smallest absolute Gasteiger partial charge is 0.237 e. The summed E-state index contributed by atoms with van der Waals surface area (Å²) in [7, 11) is 1.75. The summed E-state index contributed by atoms with van der Waals surface area (Å²) in [5.74, 6) is 0.0105. The maximum Gasteiger partial charge on any atom is 0.237 e. The van der Waals surface area contributed by atoms with Gasteiger partial charge in [-0.05, 0) is 25.7 Å². The molecular formula is C10H20ClNO2. The fourth-order valence-corrected chi connectivity index (χ4v) is 1.36. The van der Waals surface area contributed by atoms with Crippen LogP contribution < -0.4 is 0 Å². The van der Waals surface area contributed by atoms with Crippen molar-refractivity contribution in [2.75, 3.05) is 19.5 Å². The molecule has 0 unspecified atom stereocenters. The number of halogens is 1. The van der Waals surface area contributed by atoms with Gasteiger partial charge in [0.25, 0.3) is 0 Å². The Bertz CT molecular complexity index is 164. The molecule has 0 rings (SSSR count). The van der Waals surface area contributed by atoms with Crippen LogP contribution in [-0.2, 0) is 4.79 Å². The Morgan fingerprint density at radius 2 is 2.14 bits per heavy atom. The molecule has 1 atom stereocenters. The van der Waals surface area contributed by atoms with Crippen LogP contribution in [0.25, 0.3) is 0 Å². The largest absolute Gasteiger partial charge is 0.393 e. The molecule has 4 heteroatoms. The highest BCUT2D eigenvalue weighted by atomic mass is 35.5. The van der Waals surface area contributed by atoms with Crippen LogP contribution >= 0.6 is 11.6 Å². The van der Waals surface area contributed by atoms with Gasteiger partial charge in [0.2, 0.25) is 5.91 Å². The molecule has 1 N–H and O–H groups in total. The predicted molar refractivity (Wildman–Crippen MR) is 58.5 cm³/mol. The molecule has 0 radical (unpaired) electrons. The predicted octanol–water partition coefficient (Wildman–Crippen LogP) is 1.62. The lowest BCUT2D eigenvalue weighted by Gasteiger charge is -2.15. The number of amides is 1. The van der Waals surface area contributed by atoms with Crippen LogP contribution in [0.3, 0.4) is 0 Å². The molecule has 0 aliphatic carbocycles. The van der Waals surface area contributed by atoms with Crippen LogP contribution in [0, 0.1) is 0 Å². The normalized spacial score (nSPS) is 12.6. The summed E-state index contributed by atoms with van der Waals surface area (Å²) < 4.78 is 0. The van der Waals surface area contributed by atoms with E-state index >= 15 is 0 Å². The molecule has 0 saturated heterocycles. The average molecular weight is 222 g/mol. The van der Waals surface area contributed by atoms with Crippen molar-refractivity contribution in [1.29, 1.82) is 0 Å². The number of carbonyl (C=O) groups is 1. The van der Waals surface area contributed by atoms with Crippen LogP contribution in [0.5, 0.6) is 0 Å². The van der Waals surface area contributed by atoms with E-state index in [1.165, 1.54) is 0 Å². The summed E-state index contributed by atoms with van der Waals surface area (Å²) in [5.41, 5.74) is 0. The van der Waals surface area contributed by atoms with Crippen molar-refractivity contribution in [3.8, 4) is 0 Å². The SMILES string of the molecule is CC[C@H](O)CCCCN(C)C(=O)CCl. The molecule has 0 aliphatic rings. The van der Waals surface area contributed by atoms with Crippen molar-refractivity contribution < 1.29 is 9.90 Å². The van der Waals surface area contributed by atoms with Gasteiger partial charge in [0.1, 0.15) is 5.88 Å². The van der Waals surface area contributed by atoms with Gasteiger partial charge in [-0.3, -0.25) is 4.79 Å². The highest BCUT2D eigenvalue weighted by molar-refractivity contribution is 6.27. The fourth-order valence-electron chi connectivity index (χ4n) is 1.16. The first kappa shape index (κ1) is 13.7. The third-order valence-electron chi connectivity index (χ3n) is 2.29. The Kier molecular flexibility index (Phi) is 7.90. The number of carbonyl (C=O) groups excluding carboxylic acids is 1. The lowest BCUT2D eigenvalue weighted by Crippen LogP contribution is -2.28. The van der Waals surface area contributed by atoms with Gasteiger partial charge >= 0.3 is 0 Å². The lowest BCUT2D eigenvalue weighted by molar-refractivity contribution is -0.127. The van der Waals surface area contributed by atoms with E-state index in [0.717, 1.165) is 32.2 Å². The van der Waals surface area contributed by atoms with Gasteiger partial charge in [0.05, 0.1) is 6.10 Å². The minimum Gasteiger partial charge on any atom is -0.393 e. The van der Waals surface area contributed by atoms with Crippen LogP contribution in [0.2, 0.25) is 0 Å². The Hall–Kier alpha value is -0.280. The van der Waals surface area contributed by atoms with Gasteiger partial charge in [-0.15, -0.1) is 11.6 Å². The van der Waals surface area contributed by atoms with Crippen molar-refractivity contribution >= 4 is 17.5 Å². The molecule has 0 aromatic heterocycles. The van der Waals surface area contributed by atoms with Gasteiger partial charge in [0, 0.05) is 13.6 Å². The molecule has 3 nitrogen and oxygen atoms in total. The van der Waals surface area contributed by atoms with E-state index in [1.54, 1.807) is 11.9 Å². The number of alkyl halides is 1. The van der Waals surface area contributed by atoms with Crippen molar-refractivity contribution in [2.45, 2.75) is 38.7 Å². The topological polar surface area (TPSA) is 40.5 Å². The molecule has 0 aliphatic heterocycles. The number of aliphatic hydroxyl groups excluding tert-OH is 1. The number of hydrogen-bond acceptors (Lipinski definition) is 2. The second-order valence-corrected chi connectivity index (χ2v) is 3.77. The molecule has 0 heterocycles. The first-order chi connectivity index (χ1) is 6.61. The second kappa shape index (κ2) is 8.06. The summed E-state index contributed by atoms with van der Waals surface area (Å²) in [4.78, 5) is 12.7. The first-order valence-corrected chi connectivity index (χ1v) is 5.63. The molecule has 0 fully saturated rings. The zero-order chi connectivity index (χ0) is 11.0. The Balaban J connectivity index is 3.40. The van der Waals surface area contributed by atoms with Crippen molar-refractivity contribution in [1.82, 2.24) is 4.90 Å². The Morgan fingerprint density at radius 1 is 1.50 bits per heavy atom. The quantitative estimate of drug-likeness (QED) is 0.524. The molecule has 14 heavy (non-hydrogen) atoms. The standard InChI is InChI=1S/C10H20ClNO2/c1-3-9(13)6-4-5-7-12(2)10(14)8-11/h9,13H,3-8H2,1-2H3/t9-/m0/s1.